The van der Waals surface area contributed by atoms with Crippen LogP contribution >= 0.6 is 0 Å². The summed E-state index contributed by atoms with van der Waals surface area (Å²) in [5, 5.41) is 7.54. The molecule has 0 unspecified atom stereocenters. The van der Waals surface area contributed by atoms with E-state index in [9.17, 15) is 4.79 Å². The standard InChI is InChI=1S/C20H26N4O3/c1-3-24(12-14-13-26-18-9-4-5-10-19(18)27-14)20(25)22-16-7-6-8-17-15(16)11-21-23(17)2/h4-5,9-11,14,16H,3,6-8,12-13H2,1-2H3,(H,22,25)/t14-,16+/m0/s1. The van der Waals surface area contributed by atoms with Crippen LogP contribution in [0.1, 0.15) is 37.1 Å². The molecule has 2 amide bonds. The molecule has 7 heteroatoms. The molecule has 7 nitrogen and oxygen atoms in total. The number of nitrogens with zero attached hydrogens (tertiary/aromatic N) is 3. The predicted molar refractivity (Wildman–Crippen MR) is 101 cm³/mol. The number of aryl methyl sites for hydroxylation is 1. The second-order valence-electron chi connectivity index (χ2n) is 7.10. The van der Waals surface area contributed by atoms with Gasteiger partial charge in [-0.15, -0.1) is 0 Å². The zero-order valence-corrected chi connectivity index (χ0v) is 15.9. The minimum absolute atomic E-state index is 0.0215. The van der Waals surface area contributed by atoms with Crippen LogP contribution in [0.4, 0.5) is 4.79 Å². The maximum Gasteiger partial charge on any atom is 0.318 e. The van der Waals surface area contributed by atoms with Crippen LogP contribution in [0.3, 0.4) is 0 Å². The number of carbonyl (C=O) groups excluding carboxylic acids is 1. The Morgan fingerprint density at radius 2 is 2.19 bits per heavy atom. The van der Waals surface area contributed by atoms with Gasteiger partial charge in [0, 0.05) is 24.8 Å². The molecule has 2 aromatic rings. The van der Waals surface area contributed by atoms with Crippen LogP contribution in [0.15, 0.2) is 30.5 Å². The third kappa shape index (κ3) is 3.59. The molecule has 0 bridgehead atoms. The Hall–Kier alpha value is -2.70. The van der Waals surface area contributed by atoms with Gasteiger partial charge in [0.2, 0.25) is 0 Å². The molecule has 0 radical (unpaired) electrons. The Labute approximate surface area is 159 Å². The lowest BCUT2D eigenvalue weighted by atomic mass is 9.93. The van der Waals surface area contributed by atoms with Crippen LogP contribution in [0.25, 0.3) is 0 Å². The average molecular weight is 370 g/mol. The summed E-state index contributed by atoms with van der Waals surface area (Å²) in [5.74, 6) is 1.49. The minimum Gasteiger partial charge on any atom is -0.486 e. The maximum atomic E-state index is 12.9. The van der Waals surface area contributed by atoms with Crippen molar-refractivity contribution in [1.82, 2.24) is 20.0 Å². The normalized spacial score (nSPS) is 20.7. The number of ether oxygens (including phenoxy) is 2. The van der Waals surface area contributed by atoms with Crippen molar-refractivity contribution in [2.45, 2.75) is 38.3 Å². The first-order chi connectivity index (χ1) is 13.2. The predicted octanol–water partition coefficient (Wildman–Crippen LogP) is 2.67. The zero-order chi connectivity index (χ0) is 18.8. The van der Waals surface area contributed by atoms with Gasteiger partial charge in [0.1, 0.15) is 6.61 Å². The van der Waals surface area contributed by atoms with Crippen LogP contribution < -0.4 is 14.8 Å². The van der Waals surface area contributed by atoms with E-state index in [4.69, 9.17) is 9.47 Å². The highest BCUT2D eigenvalue weighted by molar-refractivity contribution is 5.74. The van der Waals surface area contributed by atoms with Crippen LogP contribution in [0, 0.1) is 0 Å². The van der Waals surface area contributed by atoms with Crippen molar-refractivity contribution in [1.29, 1.82) is 0 Å². The second-order valence-corrected chi connectivity index (χ2v) is 7.10. The number of likely N-dealkylation sites (N-methyl/N-ethyl adjacent to an activating group) is 1. The largest absolute Gasteiger partial charge is 0.486 e. The molecule has 0 saturated carbocycles. The van der Waals surface area contributed by atoms with Gasteiger partial charge in [0.25, 0.3) is 0 Å². The number of urea groups is 1. The van der Waals surface area contributed by atoms with E-state index in [0.717, 1.165) is 36.3 Å². The van der Waals surface area contributed by atoms with Crippen molar-refractivity contribution in [3.8, 4) is 11.5 Å². The number of fused-ring (bicyclic) bond motifs is 2. The molecule has 0 fully saturated rings. The molecule has 0 saturated heterocycles. The van der Waals surface area contributed by atoms with E-state index in [2.05, 4.69) is 10.4 Å². The summed E-state index contributed by atoms with van der Waals surface area (Å²) in [5.41, 5.74) is 2.36. The molecule has 2 heterocycles. The third-order valence-corrected chi connectivity index (χ3v) is 5.33. The van der Waals surface area contributed by atoms with Crippen LogP contribution in [0.2, 0.25) is 0 Å². The quantitative estimate of drug-likeness (QED) is 0.898. The summed E-state index contributed by atoms with van der Waals surface area (Å²) < 4.78 is 13.7. The number of para-hydroxylation sites is 2. The number of amides is 2. The fraction of sp³-hybridized carbons (Fsp3) is 0.500. The van der Waals surface area contributed by atoms with Gasteiger partial charge in [0.05, 0.1) is 18.8 Å². The van der Waals surface area contributed by atoms with Crippen LogP contribution in [0.5, 0.6) is 11.5 Å². The lowest BCUT2D eigenvalue weighted by Crippen LogP contribution is -2.48. The summed E-state index contributed by atoms with van der Waals surface area (Å²) in [6.07, 6.45) is 4.72. The van der Waals surface area contributed by atoms with Gasteiger partial charge < -0.3 is 19.7 Å². The van der Waals surface area contributed by atoms with Gasteiger partial charge in [-0.05, 0) is 38.3 Å². The molecule has 4 rings (SSSR count). The Balaban J connectivity index is 1.39. The van der Waals surface area contributed by atoms with E-state index in [-0.39, 0.29) is 18.2 Å². The first-order valence-corrected chi connectivity index (χ1v) is 9.60. The first kappa shape index (κ1) is 17.7. The smallest absolute Gasteiger partial charge is 0.318 e. The van der Waals surface area contributed by atoms with E-state index in [1.807, 2.05) is 49.1 Å². The summed E-state index contributed by atoms with van der Waals surface area (Å²) in [7, 11) is 1.96. The third-order valence-electron chi connectivity index (χ3n) is 5.33. The van der Waals surface area contributed by atoms with Gasteiger partial charge in [-0.3, -0.25) is 4.68 Å². The number of nitrogens with one attached hydrogen (secondary N) is 1. The van der Waals surface area contributed by atoms with Gasteiger partial charge >= 0.3 is 6.03 Å². The highest BCUT2D eigenvalue weighted by Gasteiger charge is 2.28. The van der Waals surface area contributed by atoms with E-state index < -0.39 is 0 Å². The van der Waals surface area contributed by atoms with Crippen molar-refractivity contribution in [2.24, 2.45) is 7.05 Å². The molecule has 1 N–H and O–H groups in total. The zero-order valence-electron chi connectivity index (χ0n) is 15.9. The first-order valence-electron chi connectivity index (χ1n) is 9.60. The molecule has 0 spiro atoms. The van der Waals surface area contributed by atoms with Crippen molar-refractivity contribution in [3.63, 3.8) is 0 Å². The molecule has 27 heavy (non-hydrogen) atoms. The monoisotopic (exact) mass is 370 g/mol. The number of hydrogen-bond acceptors (Lipinski definition) is 4. The summed E-state index contributed by atoms with van der Waals surface area (Å²) in [6, 6.07) is 7.58. The number of carbonyl (C=O) groups is 1. The van der Waals surface area contributed by atoms with Crippen molar-refractivity contribution >= 4 is 6.03 Å². The van der Waals surface area contributed by atoms with E-state index >= 15 is 0 Å². The van der Waals surface area contributed by atoms with Gasteiger partial charge in [-0.25, -0.2) is 4.79 Å². The lowest BCUT2D eigenvalue weighted by Gasteiger charge is -2.32. The van der Waals surface area contributed by atoms with E-state index in [1.54, 1.807) is 4.90 Å². The molecule has 2 atom stereocenters. The summed E-state index contributed by atoms with van der Waals surface area (Å²) in [6.45, 7) is 3.52. The van der Waals surface area contributed by atoms with Crippen molar-refractivity contribution < 1.29 is 14.3 Å². The lowest BCUT2D eigenvalue weighted by molar-refractivity contribution is 0.0670. The molecule has 2 aliphatic rings. The van der Waals surface area contributed by atoms with Gasteiger partial charge in [-0.1, -0.05) is 12.1 Å². The molecule has 1 aliphatic heterocycles. The van der Waals surface area contributed by atoms with Crippen LogP contribution in [-0.2, 0) is 13.5 Å². The highest BCUT2D eigenvalue weighted by Crippen LogP contribution is 2.31. The molecular weight excluding hydrogens is 344 g/mol. The Kier molecular flexibility index (Phi) is 4.92. The topological polar surface area (TPSA) is 68.6 Å². The fourth-order valence-electron chi connectivity index (χ4n) is 3.85. The van der Waals surface area contributed by atoms with E-state index in [1.165, 1.54) is 5.69 Å². The fourth-order valence-corrected chi connectivity index (χ4v) is 3.85. The number of hydrogen-bond donors (Lipinski definition) is 1. The second kappa shape index (κ2) is 7.50. The molecular formula is C20H26N4O3. The van der Waals surface area contributed by atoms with Gasteiger partial charge in [0.15, 0.2) is 17.6 Å². The Morgan fingerprint density at radius 3 is 3.00 bits per heavy atom. The summed E-state index contributed by atoms with van der Waals surface area (Å²) in [4.78, 5) is 14.7. The molecule has 1 aliphatic carbocycles. The van der Waals surface area contributed by atoms with Gasteiger partial charge in [-0.2, -0.15) is 5.10 Å². The molecule has 1 aromatic heterocycles. The minimum atomic E-state index is -0.175. The Morgan fingerprint density at radius 1 is 1.37 bits per heavy atom. The summed E-state index contributed by atoms with van der Waals surface area (Å²) >= 11 is 0. The molecule has 1 aromatic carbocycles. The Bertz CT molecular complexity index is 819. The highest BCUT2D eigenvalue weighted by atomic mass is 16.6. The van der Waals surface area contributed by atoms with Crippen LogP contribution in [-0.4, -0.2) is 46.5 Å². The number of benzene rings is 1. The van der Waals surface area contributed by atoms with Crippen molar-refractivity contribution in [2.75, 3.05) is 19.7 Å². The average Bonchev–Trinajstić information content (AvgIpc) is 3.08. The molecule has 144 valence electrons. The SMILES string of the molecule is CCN(C[C@H]1COc2ccccc2O1)C(=O)N[C@@H]1CCCc2c1cnn2C. The number of rotatable bonds is 4. The number of aromatic nitrogens is 2. The van der Waals surface area contributed by atoms with E-state index in [0.29, 0.717) is 19.7 Å². The maximum absolute atomic E-state index is 12.9. The van der Waals surface area contributed by atoms with Crippen molar-refractivity contribution in [3.05, 3.63) is 41.7 Å².